The molecule has 0 bridgehead atoms. The van der Waals surface area contributed by atoms with E-state index in [1.54, 1.807) is 35.1 Å². The molecular formula is C17H19F2N7O2. The summed E-state index contributed by atoms with van der Waals surface area (Å²) in [7, 11) is 0. The summed E-state index contributed by atoms with van der Waals surface area (Å²) >= 11 is 0. The summed E-state index contributed by atoms with van der Waals surface area (Å²) in [6.07, 6.45) is 0.705. The Balaban J connectivity index is 1.55. The molecule has 0 saturated carbocycles. The molecule has 1 aliphatic heterocycles. The summed E-state index contributed by atoms with van der Waals surface area (Å²) in [6.45, 7) is 3.00. The summed E-state index contributed by atoms with van der Waals surface area (Å²) in [5.74, 6) is -0.0168. The number of nitrogens with zero attached hydrogens (tertiary/aromatic N) is 6. The maximum Gasteiger partial charge on any atom is 0.276 e. The molecule has 1 N–H and O–H groups in total. The van der Waals surface area contributed by atoms with Gasteiger partial charge >= 0.3 is 0 Å². The van der Waals surface area contributed by atoms with Crippen LogP contribution in [0, 0.1) is 6.92 Å². The predicted octanol–water partition coefficient (Wildman–Crippen LogP) is 0.540. The van der Waals surface area contributed by atoms with Crippen molar-refractivity contribution in [2.45, 2.75) is 13.3 Å². The van der Waals surface area contributed by atoms with Gasteiger partial charge in [-0.1, -0.05) is 0 Å². The second kappa shape index (κ2) is 7.15. The van der Waals surface area contributed by atoms with Crippen molar-refractivity contribution in [1.82, 2.24) is 34.2 Å². The SMILES string of the molecule is Cc1c(C(=O)N2CCN(CC(F)F)CC2)cnn1-c1nn2cccc2c(=O)[nH]1. The van der Waals surface area contributed by atoms with Gasteiger partial charge in [-0.05, 0) is 19.1 Å². The highest BCUT2D eigenvalue weighted by Gasteiger charge is 2.26. The van der Waals surface area contributed by atoms with Gasteiger partial charge in [0.25, 0.3) is 17.9 Å². The van der Waals surface area contributed by atoms with Gasteiger partial charge in [0, 0.05) is 32.4 Å². The molecule has 0 radical (unpaired) electrons. The van der Waals surface area contributed by atoms with Crippen molar-refractivity contribution in [1.29, 1.82) is 0 Å². The molecule has 9 nitrogen and oxygen atoms in total. The smallest absolute Gasteiger partial charge is 0.276 e. The first kappa shape index (κ1) is 18.3. The molecule has 0 unspecified atom stereocenters. The van der Waals surface area contributed by atoms with Gasteiger partial charge in [-0.2, -0.15) is 5.10 Å². The number of carbonyl (C=O) groups excluding carboxylic acids is 1. The third-order valence-corrected chi connectivity index (χ3v) is 4.89. The molecule has 0 spiro atoms. The van der Waals surface area contributed by atoms with E-state index < -0.39 is 6.43 Å². The molecule has 0 aromatic carbocycles. The van der Waals surface area contributed by atoms with Gasteiger partial charge in [0.2, 0.25) is 5.95 Å². The molecule has 28 heavy (non-hydrogen) atoms. The first-order valence-corrected chi connectivity index (χ1v) is 8.86. The second-order valence-corrected chi connectivity index (χ2v) is 6.66. The van der Waals surface area contributed by atoms with E-state index in [0.29, 0.717) is 43.0 Å². The lowest BCUT2D eigenvalue weighted by molar-refractivity contribution is 0.0458. The number of amides is 1. The van der Waals surface area contributed by atoms with Crippen LogP contribution in [0.1, 0.15) is 16.1 Å². The Morgan fingerprint density at radius 2 is 2.04 bits per heavy atom. The van der Waals surface area contributed by atoms with Gasteiger partial charge in [0.05, 0.1) is 24.0 Å². The number of rotatable bonds is 4. The van der Waals surface area contributed by atoms with E-state index in [2.05, 4.69) is 15.2 Å². The van der Waals surface area contributed by atoms with Crippen LogP contribution in [0.3, 0.4) is 0 Å². The zero-order chi connectivity index (χ0) is 19.8. The van der Waals surface area contributed by atoms with Crippen LogP contribution in [0.4, 0.5) is 8.78 Å². The number of H-pyrrole nitrogens is 1. The average molecular weight is 391 g/mol. The molecule has 1 amide bonds. The van der Waals surface area contributed by atoms with E-state index in [1.165, 1.54) is 15.4 Å². The number of alkyl halides is 2. The van der Waals surface area contributed by atoms with E-state index in [4.69, 9.17) is 0 Å². The van der Waals surface area contributed by atoms with Gasteiger partial charge in [0.15, 0.2) is 0 Å². The molecule has 11 heteroatoms. The van der Waals surface area contributed by atoms with Crippen LogP contribution in [-0.2, 0) is 0 Å². The van der Waals surface area contributed by atoms with E-state index in [9.17, 15) is 18.4 Å². The lowest BCUT2D eigenvalue weighted by Crippen LogP contribution is -2.49. The monoisotopic (exact) mass is 391 g/mol. The molecule has 1 fully saturated rings. The minimum absolute atomic E-state index is 0.201. The quantitative estimate of drug-likeness (QED) is 0.701. The highest BCUT2D eigenvalue weighted by molar-refractivity contribution is 5.95. The highest BCUT2D eigenvalue weighted by Crippen LogP contribution is 2.15. The number of piperazine rings is 1. The Morgan fingerprint density at radius 3 is 2.75 bits per heavy atom. The normalized spacial score (nSPS) is 15.6. The summed E-state index contributed by atoms with van der Waals surface area (Å²) in [6, 6.07) is 3.36. The van der Waals surface area contributed by atoms with Gasteiger partial charge in [-0.25, -0.2) is 18.0 Å². The fourth-order valence-corrected chi connectivity index (χ4v) is 3.36. The predicted molar refractivity (Wildman–Crippen MR) is 96.0 cm³/mol. The van der Waals surface area contributed by atoms with E-state index in [0.717, 1.165) is 0 Å². The molecule has 1 aliphatic rings. The molecule has 148 valence electrons. The zero-order valence-corrected chi connectivity index (χ0v) is 15.2. The number of hydrogen-bond donors (Lipinski definition) is 1. The van der Waals surface area contributed by atoms with Crippen molar-refractivity contribution < 1.29 is 13.6 Å². The minimum atomic E-state index is -2.38. The van der Waals surface area contributed by atoms with Crippen LogP contribution in [0.2, 0.25) is 0 Å². The van der Waals surface area contributed by atoms with Crippen LogP contribution in [-0.4, -0.2) is 79.2 Å². The third-order valence-electron chi connectivity index (χ3n) is 4.89. The Kier molecular flexibility index (Phi) is 4.67. The number of fused-ring (bicyclic) bond motifs is 1. The fraction of sp³-hybridized carbons (Fsp3) is 0.412. The van der Waals surface area contributed by atoms with Crippen LogP contribution in [0.15, 0.2) is 29.3 Å². The Hall–Kier alpha value is -3.08. The van der Waals surface area contributed by atoms with Crippen molar-refractivity contribution in [2.24, 2.45) is 0 Å². The lowest BCUT2D eigenvalue weighted by atomic mass is 10.2. The summed E-state index contributed by atoms with van der Waals surface area (Å²) < 4.78 is 27.8. The van der Waals surface area contributed by atoms with Crippen LogP contribution < -0.4 is 5.56 Å². The Labute approximate surface area is 158 Å². The minimum Gasteiger partial charge on any atom is -0.336 e. The maximum atomic E-state index is 12.8. The molecule has 3 aromatic rings. The first-order valence-electron chi connectivity index (χ1n) is 8.86. The van der Waals surface area contributed by atoms with E-state index >= 15 is 0 Å². The van der Waals surface area contributed by atoms with Crippen molar-refractivity contribution in [2.75, 3.05) is 32.7 Å². The number of hydrogen-bond acceptors (Lipinski definition) is 5. The van der Waals surface area contributed by atoms with Gasteiger partial charge < -0.3 is 4.90 Å². The standard InChI is InChI=1S/C17H19F2N7O2/c1-11-12(16(28)24-7-5-23(6-8-24)10-14(18)19)9-20-26(11)17-21-15(27)13-3-2-4-25(13)22-17/h2-4,9,14H,5-8,10H2,1H3,(H,21,22,27). The number of aromatic nitrogens is 5. The maximum absolute atomic E-state index is 12.8. The van der Waals surface area contributed by atoms with Gasteiger partial charge in [-0.3, -0.25) is 19.5 Å². The largest absolute Gasteiger partial charge is 0.336 e. The summed E-state index contributed by atoms with van der Waals surface area (Å²) in [4.78, 5) is 30.9. The van der Waals surface area contributed by atoms with E-state index in [1.807, 2.05) is 0 Å². The molecule has 3 aromatic heterocycles. The van der Waals surface area contributed by atoms with E-state index in [-0.39, 0.29) is 24.0 Å². The van der Waals surface area contributed by atoms with Crippen LogP contribution in [0.5, 0.6) is 0 Å². The number of carbonyl (C=O) groups is 1. The van der Waals surface area contributed by atoms with Crippen molar-refractivity contribution in [3.05, 3.63) is 46.1 Å². The second-order valence-electron chi connectivity index (χ2n) is 6.66. The van der Waals surface area contributed by atoms with Gasteiger partial charge in [0.1, 0.15) is 5.52 Å². The molecular weight excluding hydrogens is 372 g/mol. The number of halogens is 2. The van der Waals surface area contributed by atoms with Crippen LogP contribution >= 0.6 is 0 Å². The Bertz CT molecular complexity index is 1060. The lowest BCUT2D eigenvalue weighted by Gasteiger charge is -2.34. The zero-order valence-electron chi connectivity index (χ0n) is 15.2. The number of aromatic amines is 1. The fourth-order valence-electron chi connectivity index (χ4n) is 3.36. The highest BCUT2D eigenvalue weighted by atomic mass is 19.3. The summed E-state index contributed by atoms with van der Waals surface area (Å²) in [5.41, 5.74) is 1.02. The van der Waals surface area contributed by atoms with Crippen molar-refractivity contribution >= 4 is 11.4 Å². The van der Waals surface area contributed by atoms with Gasteiger partial charge in [-0.15, -0.1) is 5.10 Å². The molecule has 0 atom stereocenters. The number of nitrogens with one attached hydrogen (secondary N) is 1. The molecule has 0 aliphatic carbocycles. The van der Waals surface area contributed by atoms with Crippen LogP contribution in [0.25, 0.3) is 11.5 Å². The summed E-state index contributed by atoms with van der Waals surface area (Å²) in [5, 5.41) is 8.51. The molecule has 1 saturated heterocycles. The third kappa shape index (κ3) is 3.28. The van der Waals surface area contributed by atoms with Crippen molar-refractivity contribution in [3.63, 3.8) is 0 Å². The molecule has 4 rings (SSSR count). The first-order chi connectivity index (χ1) is 13.4. The Morgan fingerprint density at radius 1 is 1.29 bits per heavy atom. The average Bonchev–Trinajstić information content (AvgIpc) is 3.28. The molecule has 4 heterocycles. The topological polar surface area (TPSA) is 91.5 Å². The van der Waals surface area contributed by atoms with Crippen molar-refractivity contribution in [3.8, 4) is 5.95 Å².